The van der Waals surface area contributed by atoms with Crippen LogP contribution in [0.5, 0.6) is 0 Å². The van der Waals surface area contributed by atoms with E-state index in [-0.39, 0.29) is 19.0 Å². The Labute approximate surface area is 96.1 Å². The number of carbonyl (C=O) groups is 1. The van der Waals surface area contributed by atoms with Crippen molar-refractivity contribution in [2.45, 2.75) is 13.5 Å². The van der Waals surface area contributed by atoms with E-state index < -0.39 is 5.97 Å². The highest BCUT2D eigenvalue weighted by atomic mass is 35.5. The molecule has 15 heavy (non-hydrogen) atoms. The van der Waals surface area contributed by atoms with Gasteiger partial charge < -0.3 is 5.11 Å². The van der Waals surface area contributed by atoms with Crippen LogP contribution in [0.3, 0.4) is 0 Å². The van der Waals surface area contributed by atoms with Gasteiger partial charge in [-0.3, -0.25) is 9.69 Å². The molecule has 3 nitrogen and oxygen atoms in total. The molecule has 0 saturated carbocycles. The lowest BCUT2D eigenvalue weighted by atomic mass is 10.2. The van der Waals surface area contributed by atoms with Crippen LogP contribution >= 0.6 is 12.4 Å². The second-order valence-corrected chi connectivity index (χ2v) is 3.18. The monoisotopic (exact) mass is 229 g/mol. The Morgan fingerprint density at radius 1 is 1.33 bits per heavy atom. The maximum absolute atomic E-state index is 10.5. The standard InChI is InChI=1S/C11H15NO2.ClH/c1-2-12(9-11(13)14)8-10-6-4-3-5-7-10;/h3-7H,2,8-9H2,1H3,(H,13,14);1H. The molecular weight excluding hydrogens is 214 g/mol. The van der Waals surface area contributed by atoms with Crippen molar-refractivity contribution >= 4 is 18.4 Å². The smallest absolute Gasteiger partial charge is 0.317 e. The maximum Gasteiger partial charge on any atom is 0.317 e. The van der Waals surface area contributed by atoms with Gasteiger partial charge in [0.2, 0.25) is 0 Å². The van der Waals surface area contributed by atoms with Gasteiger partial charge in [0.1, 0.15) is 0 Å². The zero-order valence-corrected chi connectivity index (χ0v) is 9.54. The van der Waals surface area contributed by atoms with E-state index in [1.165, 1.54) is 0 Å². The predicted molar refractivity (Wildman–Crippen MR) is 62.3 cm³/mol. The Balaban J connectivity index is 0.00000196. The van der Waals surface area contributed by atoms with Crippen LogP contribution in [0.2, 0.25) is 0 Å². The van der Waals surface area contributed by atoms with E-state index >= 15 is 0 Å². The lowest BCUT2D eigenvalue weighted by Gasteiger charge is -2.17. The molecule has 0 aliphatic rings. The van der Waals surface area contributed by atoms with E-state index in [1.807, 2.05) is 42.2 Å². The number of carboxylic acids is 1. The van der Waals surface area contributed by atoms with Gasteiger partial charge in [-0.2, -0.15) is 0 Å². The first-order valence-corrected chi connectivity index (χ1v) is 4.70. The molecule has 1 N–H and O–H groups in total. The van der Waals surface area contributed by atoms with Crippen LogP contribution in [-0.2, 0) is 11.3 Å². The quantitative estimate of drug-likeness (QED) is 0.840. The third kappa shape index (κ3) is 5.40. The van der Waals surface area contributed by atoms with Gasteiger partial charge in [-0.05, 0) is 12.1 Å². The van der Waals surface area contributed by atoms with E-state index in [0.717, 1.165) is 12.1 Å². The zero-order valence-electron chi connectivity index (χ0n) is 8.72. The average molecular weight is 230 g/mol. The second kappa shape index (κ2) is 7.26. The van der Waals surface area contributed by atoms with E-state index in [0.29, 0.717) is 6.54 Å². The number of halogens is 1. The summed E-state index contributed by atoms with van der Waals surface area (Å²) in [6, 6.07) is 9.89. The molecule has 0 aliphatic heterocycles. The fourth-order valence-corrected chi connectivity index (χ4v) is 1.31. The minimum atomic E-state index is -0.775. The molecule has 1 rings (SSSR count). The lowest BCUT2D eigenvalue weighted by Crippen LogP contribution is -2.28. The van der Waals surface area contributed by atoms with Crippen LogP contribution in [0, 0.1) is 0 Å². The summed E-state index contributed by atoms with van der Waals surface area (Å²) >= 11 is 0. The number of nitrogens with zero attached hydrogens (tertiary/aromatic N) is 1. The number of rotatable bonds is 5. The molecule has 0 aliphatic carbocycles. The van der Waals surface area contributed by atoms with Gasteiger partial charge in [0.25, 0.3) is 0 Å². The Hall–Kier alpha value is -1.06. The molecule has 84 valence electrons. The molecule has 4 heteroatoms. The predicted octanol–water partition coefficient (Wildman–Crippen LogP) is 2.01. The lowest BCUT2D eigenvalue weighted by molar-refractivity contribution is -0.138. The zero-order chi connectivity index (χ0) is 10.4. The Morgan fingerprint density at radius 3 is 2.40 bits per heavy atom. The summed E-state index contributed by atoms with van der Waals surface area (Å²) in [7, 11) is 0. The molecule has 0 spiro atoms. The van der Waals surface area contributed by atoms with Crippen molar-refractivity contribution in [3.8, 4) is 0 Å². The number of hydrogen-bond acceptors (Lipinski definition) is 2. The molecule has 0 fully saturated rings. The second-order valence-electron chi connectivity index (χ2n) is 3.18. The van der Waals surface area contributed by atoms with Crippen molar-refractivity contribution in [2.24, 2.45) is 0 Å². The Kier molecular flexibility index (Phi) is 6.75. The number of hydrogen-bond donors (Lipinski definition) is 1. The highest BCUT2D eigenvalue weighted by Crippen LogP contribution is 2.03. The van der Waals surface area contributed by atoms with Crippen LogP contribution in [-0.4, -0.2) is 29.1 Å². The van der Waals surface area contributed by atoms with E-state index in [1.54, 1.807) is 0 Å². The molecule has 0 heterocycles. The first-order chi connectivity index (χ1) is 6.72. The van der Waals surface area contributed by atoms with E-state index in [2.05, 4.69) is 0 Å². The SMILES string of the molecule is CCN(CC(=O)O)Cc1ccccc1.Cl. The third-order valence-corrected chi connectivity index (χ3v) is 2.06. The van der Waals surface area contributed by atoms with Gasteiger partial charge >= 0.3 is 5.97 Å². The molecule has 0 atom stereocenters. The van der Waals surface area contributed by atoms with Crippen LogP contribution in [0.1, 0.15) is 12.5 Å². The fraction of sp³-hybridized carbons (Fsp3) is 0.364. The van der Waals surface area contributed by atoms with Crippen LogP contribution in [0.4, 0.5) is 0 Å². The molecule has 1 aromatic carbocycles. The number of benzene rings is 1. The normalized spacial score (nSPS) is 9.73. The van der Waals surface area contributed by atoms with Crippen LogP contribution < -0.4 is 0 Å². The van der Waals surface area contributed by atoms with Gasteiger partial charge in [-0.25, -0.2) is 0 Å². The molecule has 1 aromatic rings. The maximum atomic E-state index is 10.5. The molecule has 0 radical (unpaired) electrons. The van der Waals surface area contributed by atoms with Crippen molar-refractivity contribution in [3.63, 3.8) is 0 Å². The summed E-state index contributed by atoms with van der Waals surface area (Å²) in [4.78, 5) is 12.4. The molecule has 0 aromatic heterocycles. The molecular formula is C11H16ClNO2. The fourth-order valence-electron chi connectivity index (χ4n) is 1.31. The Bertz CT molecular complexity index is 290. The van der Waals surface area contributed by atoms with Crippen molar-refractivity contribution in [1.29, 1.82) is 0 Å². The minimum absolute atomic E-state index is 0. The van der Waals surface area contributed by atoms with Crippen LogP contribution in [0.25, 0.3) is 0 Å². The largest absolute Gasteiger partial charge is 0.480 e. The third-order valence-electron chi connectivity index (χ3n) is 2.06. The van der Waals surface area contributed by atoms with Gasteiger partial charge in [0.15, 0.2) is 0 Å². The number of aliphatic carboxylic acids is 1. The average Bonchev–Trinajstić information content (AvgIpc) is 2.17. The molecule has 0 amide bonds. The van der Waals surface area contributed by atoms with Crippen molar-refractivity contribution in [2.75, 3.05) is 13.1 Å². The first-order valence-electron chi connectivity index (χ1n) is 4.70. The molecule has 0 saturated heterocycles. The molecule has 0 bridgehead atoms. The highest BCUT2D eigenvalue weighted by Gasteiger charge is 2.07. The molecule has 0 unspecified atom stereocenters. The van der Waals surface area contributed by atoms with E-state index in [4.69, 9.17) is 5.11 Å². The summed E-state index contributed by atoms with van der Waals surface area (Å²) in [6.07, 6.45) is 0. The summed E-state index contributed by atoms with van der Waals surface area (Å²) < 4.78 is 0. The summed E-state index contributed by atoms with van der Waals surface area (Å²) in [5.41, 5.74) is 1.15. The van der Waals surface area contributed by atoms with Gasteiger partial charge in [0.05, 0.1) is 6.54 Å². The topological polar surface area (TPSA) is 40.5 Å². The van der Waals surface area contributed by atoms with Gasteiger partial charge in [-0.15, -0.1) is 12.4 Å². The van der Waals surface area contributed by atoms with Crippen LogP contribution in [0.15, 0.2) is 30.3 Å². The van der Waals surface area contributed by atoms with Crippen molar-refractivity contribution in [1.82, 2.24) is 4.90 Å². The number of likely N-dealkylation sites (N-methyl/N-ethyl adjacent to an activating group) is 1. The Morgan fingerprint density at radius 2 is 1.93 bits per heavy atom. The van der Waals surface area contributed by atoms with E-state index in [9.17, 15) is 4.79 Å². The van der Waals surface area contributed by atoms with Gasteiger partial charge in [0, 0.05) is 6.54 Å². The van der Waals surface area contributed by atoms with Gasteiger partial charge in [-0.1, -0.05) is 37.3 Å². The minimum Gasteiger partial charge on any atom is -0.480 e. The summed E-state index contributed by atoms with van der Waals surface area (Å²) in [5, 5.41) is 8.65. The first kappa shape index (κ1) is 13.9. The number of carboxylic acid groups (broad SMARTS) is 1. The van der Waals surface area contributed by atoms with Crippen molar-refractivity contribution in [3.05, 3.63) is 35.9 Å². The summed E-state index contributed by atoms with van der Waals surface area (Å²) in [5.74, 6) is -0.775. The van der Waals surface area contributed by atoms with Crippen molar-refractivity contribution < 1.29 is 9.90 Å². The highest BCUT2D eigenvalue weighted by molar-refractivity contribution is 5.85. The summed E-state index contributed by atoms with van der Waals surface area (Å²) in [6.45, 7) is 3.52.